The molecule has 0 aliphatic carbocycles. The lowest BCUT2D eigenvalue weighted by Crippen LogP contribution is -2.99. The molecule has 1 unspecified atom stereocenters. The molecule has 6 aromatic rings. The zero-order valence-corrected chi connectivity index (χ0v) is 29.1. The zero-order valence-electron chi connectivity index (χ0n) is 27.6. The summed E-state index contributed by atoms with van der Waals surface area (Å²) in [5.41, 5.74) is 7.91. The normalized spacial score (nSPS) is 11.2. The van der Waals surface area contributed by atoms with Crippen LogP contribution in [0.1, 0.15) is 31.8 Å². The number of ether oxygens (including phenoxy) is 2. The van der Waals surface area contributed by atoms with Crippen LogP contribution in [-0.4, -0.2) is 31.0 Å². The molecular formula is C40H30Cl2F2N2O6. The summed E-state index contributed by atoms with van der Waals surface area (Å²) in [6, 6.07) is 30.8. The molecule has 0 saturated heterocycles. The number of hydrogen-bond donors (Lipinski definition) is 3. The number of nitrogens with two attached hydrogens (primary N) is 1. The van der Waals surface area contributed by atoms with Gasteiger partial charge in [-0.1, -0.05) is 47.5 Å². The maximum Gasteiger partial charge on any atom is 0.196 e. The van der Waals surface area contributed by atoms with E-state index in [1.165, 1.54) is 56.7 Å². The van der Waals surface area contributed by atoms with E-state index in [-0.39, 0.29) is 39.3 Å². The molecule has 0 aliphatic heterocycles. The third-order valence-corrected chi connectivity index (χ3v) is 8.40. The van der Waals surface area contributed by atoms with E-state index >= 15 is 8.78 Å². The molecule has 0 fully saturated rings. The number of hydrogen-bond acceptors (Lipinski definition) is 7. The molecule has 12 heteroatoms. The van der Waals surface area contributed by atoms with Crippen molar-refractivity contribution in [1.29, 1.82) is 0 Å². The highest BCUT2D eigenvalue weighted by molar-refractivity contribution is 6.31. The molecule has 6 rings (SSSR count). The number of nitrogens with one attached hydrogen (secondary N) is 1. The fraction of sp³-hybridized carbons (Fsp3) is 0.0500. The lowest BCUT2D eigenvalue weighted by molar-refractivity contribution is -0.991. The number of methoxy groups -OCH3 is 2. The number of benzene rings is 6. The number of rotatable bonds is 9. The van der Waals surface area contributed by atoms with Crippen LogP contribution in [0, 0.1) is 16.8 Å². The second kappa shape index (κ2) is 16.6. The summed E-state index contributed by atoms with van der Waals surface area (Å²) in [7, 11) is 2.86. The van der Waals surface area contributed by atoms with Gasteiger partial charge in [0.1, 0.15) is 23.1 Å². The Hall–Kier alpha value is -5.62. The third-order valence-electron chi connectivity index (χ3n) is 7.93. The van der Waals surface area contributed by atoms with Crippen LogP contribution in [0.25, 0.3) is 22.3 Å². The van der Waals surface area contributed by atoms with E-state index < -0.39 is 28.4 Å². The van der Waals surface area contributed by atoms with Crippen molar-refractivity contribution in [3.8, 4) is 33.8 Å². The van der Waals surface area contributed by atoms with Gasteiger partial charge >= 0.3 is 0 Å². The maximum atomic E-state index is 15.2. The zero-order chi connectivity index (χ0) is 37.5. The minimum absolute atomic E-state index is 0.0412. The molecule has 6 aromatic carbocycles. The van der Waals surface area contributed by atoms with E-state index in [0.29, 0.717) is 38.2 Å². The van der Waals surface area contributed by atoms with E-state index in [1.807, 2.05) is 0 Å². The van der Waals surface area contributed by atoms with Crippen molar-refractivity contribution < 1.29 is 38.3 Å². The van der Waals surface area contributed by atoms with Crippen LogP contribution in [0.5, 0.6) is 11.5 Å². The SMILES string of the molecule is COc1ccc(C(=O)c2ccc(N)cc2)c(F)c1-c1cccc(Cl)c1.COc1ccc(C(=O)c2ccc([NH+]([O-])O)cc2)c(F)c1-c1cccc(Cl)c1. The number of ketones is 2. The second-order valence-corrected chi connectivity index (χ2v) is 12.1. The Labute approximate surface area is 307 Å². The van der Waals surface area contributed by atoms with Crippen LogP contribution < -0.4 is 20.4 Å². The van der Waals surface area contributed by atoms with Gasteiger partial charge in [0.25, 0.3) is 0 Å². The van der Waals surface area contributed by atoms with Crippen LogP contribution in [-0.2, 0) is 0 Å². The van der Waals surface area contributed by atoms with Gasteiger partial charge in [-0.3, -0.25) is 9.59 Å². The van der Waals surface area contributed by atoms with Gasteiger partial charge in [-0.25, -0.2) is 14.0 Å². The van der Waals surface area contributed by atoms with Gasteiger partial charge in [0.15, 0.2) is 17.3 Å². The maximum absolute atomic E-state index is 15.2. The predicted molar refractivity (Wildman–Crippen MR) is 197 cm³/mol. The van der Waals surface area contributed by atoms with E-state index in [9.17, 15) is 14.8 Å². The van der Waals surface area contributed by atoms with Crippen molar-refractivity contribution >= 4 is 46.1 Å². The minimum atomic E-state index is -1.10. The topological polar surface area (TPSA) is 126 Å². The van der Waals surface area contributed by atoms with Gasteiger partial charge in [-0.2, -0.15) is 5.23 Å². The summed E-state index contributed by atoms with van der Waals surface area (Å²) in [5, 5.41) is 19.7. The average Bonchev–Trinajstić information content (AvgIpc) is 3.14. The van der Waals surface area contributed by atoms with E-state index in [4.69, 9.17) is 43.6 Å². The number of carbonyl (C=O) groups excluding carboxylic acids is 2. The molecule has 4 N–H and O–H groups in total. The Kier molecular flexibility index (Phi) is 12.0. The first-order valence-corrected chi connectivity index (χ1v) is 16.2. The number of carbonyl (C=O) groups is 2. The molecule has 52 heavy (non-hydrogen) atoms. The minimum Gasteiger partial charge on any atom is -0.595 e. The highest BCUT2D eigenvalue weighted by Gasteiger charge is 2.23. The summed E-state index contributed by atoms with van der Waals surface area (Å²) in [6.07, 6.45) is 0. The number of quaternary nitrogens is 1. The molecule has 0 aromatic heterocycles. The first kappa shape index (κ1) is 37.6. The molecule has 0 bridgehead atoms. The van der Waals surface area contributed by atoms with Crippen LogP contribution in [0.3, 0.4) is 0 Å². The summed E-state index contributed by atoms with van der Waals surface area (Å²) in [6.45, 7) is 0. The van der Waals surface area contributed by atoms with E-state index in [0.717, 1.165) is 0 Å². The largest absolute Gasteiger partial charge is 0.595 e. The highest BCUT2D eigenvalue weighted by Crippen LogP contribution is 2.37. The number of halogens is 4. The molecule has 1 atom stereocenters. The van der Waals surface area contributed by atoms with Crippen LogP contribution in [0.2, 0.25) is 10.0 Å². The molecular weight excluding hydrogens is 713 g/mol. The molecule has 0 aliphatic rings. The standard InChI is InChI=1S/C20H15ClFNO4.C20H15ClFNO2/c1-27-17-10-9-16(19(22)18(17)13-3-2-4-14(21)11-13)20(24)12-5-7-15(8-6-12)23(25)26;1-25-17-10-9-16(20(24)12-5-7-15(23)8-6-12)19(22)18(17)13-3-2-4-14(21)11-13/h2-11,23,25H,1H3;2-11H,23H2,1H3. The first-order chi connectivity index (χ1) is 24.9. The molecule has 0 amide bonds. The van der Waals surface area contributed by atoms with Crippen LogP contribution in [0.4, 0.5) is 20.2 Å². The number of nitrogen functional groups attached to an aromatic ring is 1. The molecule has 0 heterocycles. The van der Waals surface area contributed by atoms with Gasteiger partial charge in [0.2, 0.25) is 0 Å². The monoisotopic (exact) mass is 742 g/mol. The first-order valence-electron chi connectivity index (χ1n) is 15.5. The van der Waals surface area contributed by atoms with Crippen molar-refractivity contribution in [3.63, 3.8) is 0 Å². The Morgan fingerprint density at radius 1 is 0.654 bits per heavy atom. The van der Waals surface area contributed by atoms with Gasteiger partial charge in [0.05, 0.1) is 36.5 Å². The van der Waals surface area contributed by atoms with E-state index in [2.05, 4.69) is 0 Å². The Morgan fingerprint density at radius 3 is 1.42 bits per heavy atom. The molecule has 0 spiro atoms. The average molecular weight is 744 g/mol. The Morgan fingerprint density at radius 2 is 1.06 bits per heavy atom. The van der Waals surface area contributed by atoms with Crippen LogP contribution >= 0.6 is 23.2 Å². The quantitative estimate of drug-likeness (QED) is 0.0768. The summed E-state index contributed by atoms with van der Waals surface area (Å²) >= 11 is 12.0. The predicted octanol–water partition coefficient (Wildman–Crippen LogP) is 8.76. The third kappa shape index (κ3) is 8.29. The fourth-order valence-electron chi connectivity index (χ4n) is 5.34. The van der Waals surface area contributed by atoms with Crippen molar-refractivity contribution in [2.45, 2.75) is 0 Å². The smallest absolute Gasteiger partial charge is 0.196 e. The van der Waals surface area contributed by atoms with Crippen molar-refractivity contribution in [2.75, 3.05) is 20.0 Å². The fourth-order valence-corrected chi connectivity index (χ4v) is 5.72. The highest BCUT2D eigenvalue weighted by atomic mass is 35.5. The summed E-state index contributed by atoms with van der Waals surface area (Å²) in [5.74, 6) is -1.77. The van der Waals surface area contributed by atoms with Gasteiger partial charge < -0.3 is 20.4 Å². The number of anilines is 1. The Balaban J connectivity index is 0.000000202. The van der Waals surface area contributed by atoms with Crippen LogP contribution in [0.15, 0.2) is 121 Å². The van der Waals surface area contributed by atoms with Crippen molar-refractivity contribution in [1.82, 2.24) is 0 Å². The second-order valence-electron chi connectivity index (χ2n) is 11.2. The Bertz CT molecular complexity index is 2250. The molecule has 8 nitrogen and oxygen atoms in total. The summed E-state index contributed by atoms with van der Waals surface area (Å²) < 4.78 is 40.9. The lowest BCUT2D eigenvalue weighted by Gasteiger charge is -2.14. The van der Waals surface area contributed by atoms with Crippen molar-refractivity contribution in [2.24, 2.45) is 0 Å². The van der Waals surface area contributed by atoms with E-state index in [1.54, 1.807) is 78.9 Å². The molecule has 0 saturated carbocycles. The molecule has 264 valence electrons. The van der Waals surface area contributed by atoms with Gasteiger partial charge in [-0.05, 0) is 96.1 Å². The molecule has 0 radical (unpaired) electrons. The summed E-state index contributed by atoms with van der Waals surface area (Å²) in [4.78, 5) is 25.4. The lowest BCUT2D eigenvalue weighted by atomic mass is 9.96. The van der Waals surface area contributed by atoms with Gasteiger partial charge in [-0.15, -0.1) is 0 Å². The van der Waals surface area contributed by atoms with Crippen molar-refractivity contribution in [3.05, 3.63) is 170 Å². The van der Waals surface area contributed by atoms with Gasteiger partial charge in [0, 0.05) is 39.0 Å².